The monoisotopic (exact) mass is 381 g/mol. The highest BCUT2D eigenvalue weighted by Gasteiger charge is 2.11. The van der Waals surface area contributed by atoms with Crippen molar-refractivity contribution in [2.45, 2.75) is 33.0 Å². The standard InChI is InChI=1S/C22H23NO5/c1-3-18(28-15(2)24)14-26-19-8-4-6-16(12-19)13-27-20-9-5-7-17-10-11-21(25)23-22(17)20/h4-12,18H,3,13-14H2,1-2H3,(H,23,25). The molecular formula is C22H23NO5. The lowest BCUT2D eigenvalue weighted by Crippen LogP contribution is -2.23. The number of carbonyl (C=O) groups excluding carboxylic acids is 1. The summed E-state index contributed by atoms with van der Waals surface area (Å²) in [5.41, 5.74) is 1.43. The maximum atomic E-state index is 11.6. The van der Waals surface area contributed by atoms with Gasteiger partial charge in [0, 0.05) is 18.4 Å². The number of esters is 1. The topological polar surface area (TPSA) is 77.6 Å². The Bertz CT molecular complexity index is 1010. The molecule has 3 aromatic rings. The molecule has 0 amide bonds. The van der Waals surface area contributed by atoms with E-state index in [1.165, 1.54) is 13.0 Å². The number of nitrogens with one attached hydrogen (secondary N) is 1. The molecule has 3 rings (SSSR count). The lowest BCUT2D eigenvalue weighted by molar-refractivity contribution is -0.147. The van der Waals surface area contributed by atoms with E-state index in [0.29, 0.717) is 36.7 Å². The summed E-state index contributed by atoms with van der Waals surface area (Å²) in [5.74, 6) is 0.978. The smallest absolute Gasteiger partial charge is 0.303 e. The van der Waals surface area contributed by atoms with Crippen LogP contribution in [0.2, 0.25) is 0 Å². The van der Waals surface area contributed by atoms with E-state index in [9.17, 15) is 9.59 Å². The van der Waals surface area contributed by atoms with E-state index >= 15 is 0 Å². The van der Waals surface area contributed by atoms with Gasteiger partial charge in [-0.15, -0.1) is 0 Å². The van der Waals surface area contributed by atoms with Gasteiger partial charge in [0.15, 0.2) is 0 Å². The quantitative estimate of drug-likeness (QED) is 0.600. The molecule has 0 radical (unpaired) electrons. The van der Waals surface area contributed by atoms with Gasteiger partial charge in [0.05, 0.1) is 5.52 Å². The zero-order chi connectivity index (χ0) is 19.9. The fourth-order valence-corrected chi connectivity index (χ4v) is 2.82. The number of rotatable bonds is 8. The van der Waals surface area contributed by atoms with Gasteiger partial charge in [-0.05, 0) is 36.2 Å². The summed E-state index contributed by atoms with van der Waals surface area (Å²) < 4.78 is 16.9. The van der Waals surface area contributed by atoms with Crippen molar-refractivity contribution in [3.63, 3.8) is 0 Å². The Hall–Kier alpha value is -3.28. The average Bonchev–Trinajstić information content (AvgIpc) is 2.69. The summed E-state index contributed by atoms with van der Waals surface area (Å²) in [4.78, 5) is 25.5. The normalized spacial score (nSPS) is 11.8. The molecule has 146 valence electrons. The predicted molar refractivity (Wildman–Crippen MR) is 107 cm³/mol. The van der Waals surface area contributed by atoms with E-state index in [-0.39, 0.29) is 17.6 Å². The summed E-state index contributed by atoms with van der Waals surface area (Å²) in [5, 5.41) is 0.908. The molecule has 0 spiro atoms. The number of benzene rings is 2. The molecule has 1 heterocycles. The second kappa shape index (κ2) is 9.08. The number of pyridine rings is 1. The lowest BCUT2D eigenvalue weighted by Gasteiger charge is -2.16. The molecule has 0 aliphatic carbocycles. The maximum Gasteiger partial charge on any atom is 0.303 e. The van der Waals surface area contributed by atoms with Gasteiger partial charge in [-0.3, -0.25) is 9.59 Å². The van der Waals surface area contributed by atoms with Crippen LogP contribution < -0.4 is 15.0 Å². The number of aromatic amines is 1. The second-order valence-electron chi connectivity index (χ2n) is 6.43. The summed E-state index contributed by atoms with van der Waals surface area (Å²) in [6.45, 7) is 3.95. The second-order valence-corrected chi connectivity index (χ2v) is 6.43. The van der Waals surface area contributed by atoms with Gasteiger partial charge < -0.3 is 19.2 Å². The van der Waals surface area contributed by atoms with Crippen LogP contribution in [0.25, 0.3) is 10.9 Å². The van der Waals surface area contributed by atoms with Gasteiger partial charge in [-0.1, -0.05) is 31.2 Å². The number of H-pyrrole nitrogens is 1. The third kappa shape index (κ3) is 5.13. The summed E-state index contributed by atoms with van der Waals surface area (Å²) in [7, 11) is 0. The minimum absolute atomic E-state index is 0.169. The molecule has 0 fully saturated rings. The minimum Gasteiger partial charge on any atom is -0.490 e. The molecular weight excluding hydrogens is 358 g/mol. The first-order valence-corrected chi connectivity index (χ1v) is 9.19. The maximum absolute atomic E-state index is 11.6. The van der Waals surface area contributed by atoms with E-state index in [0.717, 1.165) is 10.9 Å². The van der Waals surface area contributed by atoms with Crippen LogP contribution in [0.1, 0.15) is 25.8 Å². The van der Waals surface area contributed by atoms with Gasteiger partial charge >= 0.3 is 5.97 Å². The summed E-state index contributed by atoms with van der Waals surface area (Å²) in [6, 6.07) is 16.4. The zero-order valence-corrected chi connectivity index (χ0v) is 15.9. The van der Waals surface area contributed by atoms with Crippen LogP contribution in [0.4, 0.5) is 0 Å². The molecule has 1 atom stereocenters. The van der Waals surface area contributed by atoms with Crippen LogP contribution in [0, 0.1) is 0 Å². The number of aromatic nitrogens is 1. The van der Waals surface area contributed by atoms with Crippen molar-refractivity contribution in [1.29, 1.82) is 0 Å². The van der Waals surface area contributed by atoms with Gasteiger partial charge in [-0.25, -0.2) is 0 Å². The highest BCUT2D eigenvalue weighted by molar-refractivity contribution is 5.84. The molecule has 0 saturated carbocycles. The van der Waals surface area contributed by atoms with Crippen LogP contribution in [0.5, 0.6) is 11.5 Å². The van der Waals surface area contributed by atoms with Crippen LogP contribution in [-0.2, 0) is 16.1 Å². The molecule has 1 aromatic heterocycles. The Morgan fingerprint density at radius 1 is 1.07 bits per heavy atom. The van der Waals surface area contributed by atoms with E-state index < -0.39 is 0 Å². The van der Waals surface area contributed by atoms with Crippen LogP contribution >= 0.6 is 0 Å². The SMILES string of the molecule is CCC(COc1cccc(COc2cccc3ccc(=O)[nH]c23)c1)OC(C)=O. The summed E-state index contributed by atoms with van der Waals surface area (Å²) >= 11 is 0. The predicted octanol–water partition coefficient (Wildman–Crippen LogP) is 3.83. The number of hydrogen-bond donors (Lipinski definition) is 1. The average molecular weight is 381 g/mol. The van der Waals surface area contributed by atoms with Gasteiger partial charge in [0.25, 0.3) is 0 Å². The zero-order valence-electron chi connectivity index (χ0n) is 15.9. The molecule has 0 aliphatic heterocycles. The van der Waals surface area contributed by atoms with Crippen molar-refractivity contribution in [1.82, 2.24) is 4.98 Å². The van der Waals surface area contributed by atoms with Gasteiger partial charge in [0.1, 0.15) is 30.8 Å². The highest BCUT2D eigenvalue weighted by Crippen LogP contribution is 2.24. The first kappa shape index (κ1) is 19.5. The van der Waals surface area contributed by atoms with Crippen LogP contribution in [-0.4, -0.2) is 23.7 Å². The fourth-order valence-electron chi connectivity index (χ4n) is 2.82. The number of ether oxygens (including phenoxy) is 3. The van der Waals surface area contributed by atoms with Crippen molar-refractivity contribution in [2.24, 2.45) is 0 Å². The fraction of sp³-hybridized carbons (Fsp3) is 0.273. The molecule has 1 unspecified atom stereocenters. The van der Waals surface area contributed by atoms with E-state index in [1.54, 1.807) is 6.07 Å². The molecule has 0 saturated heterocycles. The Labute approximate surface area is 163 Å². The van der Waals surface area contributed by atoms with Crippen molar-refractivity contribution in [3.8, 4) is 11.5 Å². The Morgan fingerprint density at radius 3 is 2.68 bits per heavy atom. The molecule has 2 aromatic carbocycles. The third-order valence-electron chi connectivity index (χ3n) is 4.24. The van der Waals surface area contributed by atoms with Crippen molar-refractivity contribution in [2.75, 3.05) is 6.61 Å². The van der Waals surface area contributed by atoms with Gasteiger partial charge in [-0.2, -0.15) is 0 Å². The van der Waals surface area contributed by atoms with E-state index in [4.69, 9.17) is 14.2 Å². The Kier molecular flexibility index (Phi) is 6.32. The number of fused-ring (bicyclic) bond motifs is 1. The highest BCUT2D eigenvalue weighted by atomic mass is 16.6. The van der Waals surface area contributed by atoms with Crippen LogP contribution in [0.15, 0.2) is 59.4 Å². The number of hydrogen-bond acceptors (Lipinski definition) is 5. The third-order valence-corrected chi connectivity index (χ3v) is 4.24. The summed E-state index contributed by atoms with van der Waals surface area (Å²) in [6.07, 6.45) is 0.409. The lowest BCUT2D eigenvalue weighted by atomic mass is 10.2. The van der Waals surface area contributed by atoms with Crippen molar-refractivity contribution in [3.05, 3.63) is 70.5 Å². The van der Waals surface area contributed by atoms with Crippen molar-refractivity contribution >= 4 is 16.9 Å². The molecule has 0 bridgehead atoms. The van der Waals surface area contributed by atoms with Crippen molar-refractivity contribution < 1.29 is 19.0 Å². The minimum atomic E-state index is -0.314. The largest absolute Gasteiger partial charge is 0.490 e. The first-order valence-electron chi connectivity index (χ1n) is 9.19. The van der Waals surface area contributed by atoms with E-state index in [1.807, 2.05) is 49.4 Å². The van der Waals surface area contributed by atoms with E-state index in [2.05, 4.69) is 4.98 Å². The first-order chi connectivity index (χ1) is 13.5. The molecule has 6 nitrogen and oxygen atoms in total. The molecule has 0 aliphatic rings. The Morgan fingerprint density at radius 2 is 1.89 bits per heavy atom. The number of para-hydroxylation sites is 1. The molecule has 1 N–H and O–H groups in total. The molecule has 28 heavy (non-hydrogen) atoms. The van der Waals surface area contributed by atoms with Crippen LogP contribution in [0.3, 0.4) is 0 Å². The number of carbonyl (C=O) groups is 1. The van der Waals surface area contributed by atoms with Gasteiger partial charge in [0.2, 0.25) is 5.56 Å². The molecule has 6 heteroatoms. The Balaban J connectivity index is 1.66.